The molecule has 1 saturated heterocycles. The lowest BCUT2D eigenvalue weighted by Gasteiger charge is -2.51. The van der Waals surface area contributed by atoms with Crippen LogP contribution in [-0.2, 0) is 16.1 Å². The van der Waals surface area contributed by atoms with Gasteiger partial charge in [-0.1, -0.05) is 26.0 Å². The van der Waals surface area contributed by atoms with Crippen molar-refractivity contribution in [3.63, 3.8) is 0 Å². The molecule has 4 rings (SSSR count). The predicted octanol–water partition coefficient (Wildman–Crippen LogP) is 3.41. The Balaban J connectivity index is 1.41. The van der Waals surface area contributed by atoms with Crippen LogP contribution in [-0.4, -0.2) is 81.0 Å². The van der Waals surface area contributed by atoms with Gasteiger partial charge in [-0.3, -0.25) is 9.69 Å². The first-order valence-corrected chi connectivity index (χ1v) is 14.3. The van der Waals surface area contributed by atoms with Crippen molar-refractivity contribution in [3.8, 4) is 0 Å². The maximum atomic E-state index is 12.9. The Labute approximate surface area is 224 Å². The van der Waals surface area contributed by atoms with E-state index in [1.807, 2.05) is 6.92 Å². The summed E-state index contributed by atoms with van der Waals surface area (Å²) >= 11 is 0. The standard InChI is InChI=1S/C30H50N4O3/c1-28(2)21-26(32-22-23-6-8-24(9-7-23)33(4)5)30(13-12-29(3,36)20-25(28)30)11-10-27(35)31-14-15-34-16-18-37-19-17-34/h6-9,25-26,32,36H,10-22H2,1-5H3,(H,31,35). The number of hydrogen-bond donors (Lipinski definition) is 3. The summed E-state index contributed by atoms with van der Waals surface area (Å²) in [5.74, 6) is 0.542. The smallest absolute Gasteiger partial charge is 0.220 e. The minimum atomic E-state index is -0.622. The monoisotopic (exact) mass is 514 g/mol. The molecule has 3 fully saturated rings. The van der Waals surface area contributed by atoms with Gasteiger partial charge >= 0.3 is 0 Å². The summed E-state index contributed by atoms with van der Waals surface area (Å²) in [6, 6.07) is 9.10. The van der Waals surface area contributed by atoms with Gasteiger partial charge in [-0.25, -0.2) is 0 Å². The van der Waals surface area contributed by atoms with Gasteiger partial charge in [0.05, 0.1) is 18.8 Å². The highest BCUT2D eigenvalue weighted by Gasteiger charge is 2.61. The average molecular weight is 515 g/mol. The molecule has 1 aromatic carbocycles. The summed E-state index contributed by atoms with van der Waals surface area (Å²) in [7, 11) is 4.13. The lowest BCUT2D eigenvalue weighted by Crippen LogP contribution is -2.51. The molecule has 4 unspecified atom stereocenters. The fourth-order valence-electron chi connectivity index (χ4n) is 7.28. The fourth-order valence-corrected chi connectivity index (χ4v) is 7.28. The summed E-state index contributed by atoms with van der Waals surface area (Å²) in [6.45, 7) is 12.6. The van der Waals surface area contributed by atoms with Crippen molar-refractivity contribution < 1.29 is 14.6 Å². The Kier molecular flexibility index (Phi) is 8.89. The molecule has 4 atom stereocenters. The zero-order valence-corrected chi connectivity index (χ0v) is 23.8. The zero-order valence-electron chi connectivity index (χ0n) is 23.8. The third-order valence-corrected chi connectivity index (χ3v) is 9.51. The summed E-state index contributed by atoms with van der Waals surface area (Å²) in [4.78, 5) is 17.4. The number of nitrogens with zero attached hydrogens (tertiary/aromatic N) is 2. The van der Waals surface area contributed by atoms with E-state index in [1.165, 1.54) is 11.3 Å². The van der Waals surface area contributed by atoms with Crippen LogP contribution in [0.4, 0.5) is 5.69 Å². The van der Waals surface area contributed by atoms with Gasteiger partial charge in [-0.2, -0.15) is 0 Å². The first-order valence-electron chi connectivity index (χ1n) is 14.3. The minimum absolute atomic E-state index is 0.0247. The fraction of sp³-hybridized carbons (Fsp3) is 0.767. The molecule has 7 heteroatoms. The van der Waals surface area contributed by atoms with Crippen molar-refractivity contribution in [2.45, 2.75) is 77.5 Å². The molecular formula is C30H50N4O3. The average Bonchev–Trinajstić information content (AvgIpc) is 3.08. The van der Waals surface area contributed by atoms with Crippen molar-refractivity contribution in [2.75, 3.05) is 58.4 Å². The molecule has 0 bridgehead atoms. The molecule has 208 valence electrons. The van der Waals surface area contributed by atoms with Gasteiger partial charge in [-0.05, 0) is 73.5 Å². The van der Waals surface area contributed by atoms with Crippen LogP contribution in [0.25, 0.3) is 0 Å². The van der Waals surface area contributed by atoms with Crippen LogP contribution >= 0.6 is 0 Å². The molecule has 0 radical (unpaired) electrons. The molecule has 1 aromatic rings. The number of ether oxygens (including phenoxy) is 1. The number of nitrogens with one attached hydrogen (secondary N) is 2. The largest absolute Gasteiger partial charge is 0.390 e. The van der Waals surface area contributed by atoms with Crippen LogP contribution in [0.1, 0.15) is 64.9 Å². The summed E-state index contributed by atoms with van der Waals surface area (Å²) < 4.78 is 5.42. The van der Waals surface area contributed by atoms with E-state index in [4.69, 9.17) is 4.74 Å². The van der Waals surface area contributed by atoms with Crippen molar-refractivity contribution in [3.05, 3.63) is 29.8 Å². The molecule has 2 aliphatic carbocycles. The van der Waals surface area contributed by atoms with Crippen molar-refractivity contribution in [1.29, 1.82) is 0 Å². The summed E-state index contributed by atoms with van der Waals surface area (Å²) in [5, 5.41) is 18.1. The van der Waals surface area contributed by atoms with E-state index >= 15 is 0 Å². The molecule has 0 aromatic heterocycles. The number of rotatable bonds is 10. The predicted molar refractivity (Wildman–Crippen MR) is 150 cm³/mol. The Morgan fingerprint density at radius 2 is 1.81 bits per heavy atom. The van der Waals surface area contributed by atoms with Crippen LogP contribution in [0.2, 0.25) is 0 Å². The second kappa shape index (κ2) is 11.6. The third-order valence-electron chi connectivity index (χ3n) is 9.51. The number of aliphatic hydroxyl groups is 1. The number of benzene rings is 1. The van der Waals surface area contributed by atoms with Crippen LogP contribution < -0.4 is 15.5 Å². The van der Waals surface area contributed by atoms with Crippen LogP contribution in [0, 0.1) is 16.7 Å². The lowest BCUT2D eigenvalue weighted by molar-refractivity contribution is -0.123. The Bertz CT molecular complexity index is 895. The molecule has 3 N–H and O–H groups in total. The van der Waals surface area contributed by atoms with E-state index in [0.717, 1.165) is 71.5 Å². The number of hydrogen-bond acceptors (Lipinski definition) is 6. The SMILES string of the molecule is CN(C)c1ccc(CNC2CC(C)(C)C3CC(C)(O)CCC23CCC(=O)NCCN2CCOCC2)cc1. The van der Waals surface area contributed by atoms with E-state index < -0.39 is 5.60 Å². The first kappa shape index (κ1) is 28.3. The van der Waals surface area contributed by atoms with Gasteiger partial charge in [0.2, 0.25) is 5.91 Å². The Morgan fingerprint density at radius 1 is 1.11 bits per heavy atom. The van der Waals surface area contributed by atoms with Crippen LogP contribution in [0.5, 0.6) is 0 Å². The third kappa shape index (κ3) is 6.86. The van der Waals surface area contributed by atoms with E-state index in [2.05, 4.69) is 72.6 Å². The quantitative estimate of drug-likeness (QED) is 0.444. The zero-order chi connectivity index (χ0) is 26.7. The minimum Gasteiger partial charge on any atom is -0.390 e. The molecular weight excluding hydrogens is 464 g/mol. The van der Waals surface area contributed by atoms with Crippen molar-refractivity contribution >= 4 is 11.6 Å². The van der Waals surface area contributed by atoms with E-state index in [-0.39, 0.29) is 16.7 Å². The molecule has 0 spiro atoms. The number of carbonyl (C=O) groups is 1. The number of fused-ring (bicyclic) bond motifs is 1. The van der Waals surface area contributed by atoms with Gasteiger partial charge in [0.15, 0.2) is 0 Å². The van der Waals surface area contributed by atoms with Crippen molar-refractivity contribution in [2.24, 2.45) is 16.7 Å². The molecule has 1 amide bonds. The summed E-state index contributed by atoms with van der Waals surface area (Å²) in [5.41, 5.74) is 2.01. The number of amides is 1. The maximum absolute atomic E-state index is 12.9. The number of morpholine rings is 1. The Morgan fingerprint density at radius 3 is 2.49 bits per heavy atom. The molecule has 2 saturated carbocycles. The lowest BCUT2D eigenvalue weighted by atomic mass is 9.57. The van der Waals surface area contributed by atoms with Gasteiger partial charge in [0, 0.05) is 65.0 Å². The van der Waals surface area contributed by atoms with Crippen LogP contribution in [0.15, 0.2) is 24.3 Å². The maximum Gasteiger partial charge on any atom is 0.220 e. The van der Waals surface area contributed by atoms with Crippen LogP contribution in [0.3, 0.4) is 0 Å². The first-order chi connectivity index (χ1) is 17.5. The van der Waals surface area contributed by atoms with Gasteiger partial charge in [0.25, 0.3) is 0 Å². The number of anilines is 1. The molecule has 37 heavy (non-hydrogen) atoms. The molecule has 7 nitrogen and oxygen atoms in total. The van der Waals surface area contributed by atoms with E-state index in [0.29, 0.717) is 24.9 Å². The van der Waals surface area contributed by atoms with Gasteiger partial charge < -0.3 is 25.4 Å². The summed E-state index contributed by atoms with van der Waals surface area (Å²) in [6.07, 6.45) is 5.07. The van der Waals surface area contributed by atoms with Gasteiger partial charge in [0.1, 0.15) is 0 Å². The second-order valence-corrected chi connectivity index (χ2v) is 13.0. The highest BCUT2D eigenvalue weighted by molar-refractivity contribution is 5.75. The van der Waals surface area contributed by atoms with E-state index in [1.54, 1.807) is 0 Å². The normalized spacial score (nSPS) is 31.6. The number of carbonyl (C=O) groups excluding carboxylic acids is 1. The molecule has 1 aliphatic heterocycles. The molecule has 1 heterocycles. The highest BCUT2D eigenvalue weighted by atomic mass is 16.5. The topological polar surface area (TPSA) is 77.1 Å². The second-order valence-electron chi connectivity index (χ2n) is 13.0. The Hall–Kier alpha value is -1.67. The highest BCUT2D eigenvalue weighted by Crippen LogP contribution is 2.63. The van der Waals surface area contributed by atoms with E-state index in [9.17, 15) is 9.90 Å². The van der Waals surface area contributed by atoms with Gasteiger partial charge in [-0.15, -0.1) is 0 Å². The molecule has 3 aliphatic rings. The van der Waals surface area contributed by atoms with Crippen molar-refractivity contribution in [1.82, 2.24) is 15.5 Å².